The lowest BCUT2D eigenvalue weighted by Crippen LogP contribution is -2.52. The predicted molar refractivity (Wildman–Crippen MR) is 79.8 cm³/mol. The first-order chi connectivity index (χ1) is 9.71. The van der Waals surface area contributed by atoms with Gasteiger partial charge in [-0.2, -0.15) is 0 Å². The first-order valence-corrected chi connectivity index (χ1v) is 7.78. The monoisotopic (exact) mass is 275 g/mol. The summed E-state index contributed by atoms with van der Waals surface area (Å²) in [4.78, 5) is 2.47. The largest absolute Gasteiger partial charge is 0.496 e. The molecule has 1 aromatic carbocycles. The molecule has 0 spiro atoms. The van der Waals surface area contributed by atoms with Gasteiger partial charge in [-0.1, -0.05) is 31.0 Å². The SMILES string of the molecule is COc1ccccc1CN1CCC2(O)CCCCC2C1. The van der Waals surface area contributed by atoms with E-state index in [0.29, 0.717) is 5.92 Å². The summed E-state index contributed by atoms with van der Waals surface area (Å²) in [6, 6.07) is 8.24. The van der Waals surface area contributed by atoms with Gasteiger partial charge in [0.05, 0.1) is 12.7 Å². The molecule has 2 fully saturated rings. The number of para-hydroxylation sites is 1. The highest BCUT2D eigenvalue weighted by molar-refractivity contribution is 5.33. The summed E-state index contributed by atoms with van der Waals surface area (Å²) in [5.41, 5.74) is 0.867. The number of piperidine rings is 1. The van der Waals surface area contributed by atoms with Crippen LogP contribution in [-0.2, 0) is 6.54 Å². The molecule has 3 rings (SSSR count). The first-order valence-electron chi connectivity index (χ1n) is 7.78. The summed E-state index contributed by atoms with van der Waals surface area (Å²) in [5, 5.41) is 10.7. The molecule has 1 aliphatic carbocycles. The maximum atomic E-state index is 10.7. The zero-order valence-electron chi connectivity index (χ0n) is 12.3. The molecule has 2 aliphatic rings. The molecule has 1 aliphatic heterocycles. The fourth-order valence-corrected chi connectivity index (χ4v) is 3.86. The van der Waals surface area contributed by atoms with E-state index >= 15 is 0 Å². The van der Waals surface area contributed by atoms with E-state index in [0.717, 1.165) is 38.2 Å². The van der Waals surface area contributed by atoms with Gasteiger partial charge in [0.1, 0.15) is 5.75 Å². The minimum atomic E-state index is -0.379. The molecule has 0 bridgehead atoms. The molecular formula is C17H25NO2. The van der Waals surface area contributed by atoms with Crippen LogP contribution >= 0.6 is 0 Å². The third-order valence-electron chi connectivity index (χ3n) is 5.10. The lowest BCUT2D eigenvalue weighted by Gasteiger charge is -2.47. The highest BCUT2D eigenvalue weighted by Gasteiger charge is 2.42. The van der Waals surface area contributed by atoms with Crippen molar-refractivity contribution >= 4 is 0 Å². The van der Waals surface area contributed by atoms with Gasteiger partial charge in [-0.3, -0.25) is 4.90 Å². The van der Waals surface area contributed by atoms with Crippen LogP contribution in [0.15, 0.2) is 24.3 Å². The van der Waals surface area contributed by atoms with Gasteiger partial charge in [-0.15, -0.1) is 0 Å². The Balaban J connectivity index is 1.67. The molecule has 1 saturated carbocycles. The number of hydrogen-bond acceptors (Lipinski definition) is 3. The molecule has 0 aromatic heterocycles. The molecule has 1 heterocycles. The van der Waals surface area contributed by atoms with Gasteiger partial charge >= 0.3 is 0 Å². The average Bonchev–Trinajstić information content (AvgIpc) is 2.48. The van der Waals surface area contributed by atoms with E-state index in [2.05, 4.69) is 17.0 Å². The Morgan fingerprint density at radius 2 is 2.15 bits per heavy atom. The Morgan fingerprint density at radius 3 is 3.00 bits per heavy atom. The predicted octanol–water partition coefficient (Wildman–Crippen LogP) is 2.82. The Labute approximate surface area is 121 Å². The summed E-state index contributed by atoms with van der Waals surface area (Å²) in [6.45, 7) is 2.94. The van der Waals surface area contributed by atoms with Gasteiger partial charge in [0.15, 0.2) is 0 Å². The Hall–Kier alpha value is -1.06. The van der Waals surface area contributed by atoms with Crippen LogP contribution in [0.1, 0.15) is 37.7 Å². The van der Waals surface area contributed by atoms with Crippen molar-refractivity contribution in [1.29, 1.82) is 0 Å². The Morgan fingerprint density at radius 1 is 1.30 bits per heavy atom. The second-order valence-electron chi connectivity index (χ2n) is 6.34. The summed E-state index contributed by atoms with van der Waals surface area (Å²) in [5.74, 6) is 1.43. The summed E-state index contributed by atoms with van der Waals surface area (Å²) in [6.07, 6.45) is 5.57. The van der Waals surface area contributed by atoms with Crippen molar-refractivity contribution < 1.29 is 9.84 Å². The topological polar surface area (TPSA) is 32.7 Å². The number of likely N-dealkylation sites (tertiary alicyclic amines) is 1. The van der Waals surface area contributed by atoms with Crippen LogP contribution in [0.3, 0.4) is 0 Å². The van der Waals surface area contributed by atoms with Gasteiger partial charge < -0.3 is 9.84 Å². The Kier molecular flexibility index (Phi) is 3.99. The van der Waals surface area contributed by atoms with Crippen LogP contribution in [-0.4, -0.2) is 35.8 Å². The molecule has 2 atom stereocenters. The third kappa shape index (κ3) is 2.70. The normalized spacial score (nSPS) is 30.8. The molecule has 3 heteroatoms. The number of hydrogen-bond donors (Lipinski definition) is 1. The number of aliphatic hydroxyl groups is 1. The van der Waals surface area contributed by atoms with E-state index in [4.69, 9.17) is 4.74 Å². The molecule has 110 valence electrons. The van der Waals surface area contributed by atoms with Crippen LogP contribution in [0, 0.1) is 5.92 Å². The van der Waals surface area contributed by atoms with Gasteiger partial charge in [-0.05, 0) is 25.3 Å². The van der Waals surface area contributed by atoms with Crippen molar-refractivity contribution in [3.63, 3.8) is 0 Å². The number of ether oxygens (including phenoxy) is 1. The van der Waals surface area contributed by atoms with Crippen molar-refractivity contribution in [1.82, 2.24) is 4.90 Å². The minimum absolute atomic E-state index is 0.379. The summed E-state index contributed by atoms with van der Waals surface area (Å²) < 4.78 is 5.44. The highest BCUT2D eigenvalue weighted by Crippen LogP contribution is 2.40. The standard InChI is InChI=1S/C17H25NO2/c1-20-16-8-3-2-6-14(16)12-18-11-10-17(19)9-5-4-7-15(17)13-18/h2-3,6,8,15,19H,4-5,7,9-13H2,1H3. The third-order valence-corrected chi connectivity index (χ3v) is 5.10. The molecule has 1 aromatic rings. The van der Waals surface area contributed by atoms with Gasteiger partial charge in [0, 0.05) is 31.1 Å². The van der Waals surface area contributed by atoms with Crippen molar-refractivity contribution in [2.24, 2.45) is 5.92 Å². The van der Waals surface area contributed by atoms with E-state index in [9.17, 15) is 5.11 Å². The molecular weight excluding hydrogens is 250 g/mol. The number of benzene rings is 1. The molecule has 1 N–H and O–H groups in total. The van der Waals surface area contributed by atoms with E-state index < -0.39 is 0 Å². The van der Waals surface area contributed by atoms with Crippen molar-refractivity contribution in [3.8, 4) is 5.75 Å². The zero-order valence-corrected chi connectivity index (χ0v) is 12.3. The van der Waals surface area contributed by atoms with Crippen LogP contribution < -0.4 is 4.74 Å². The maximum Gasteiger partial charge on any atom is 0.123 e. The highest BCUT2D eigenvalue weighted by atomic mass is 16.5. The maximum absolute atomic E-state index is 10.7. The minimum Gasteiger partial charge on any atom is -0.496 e. The fourth-order valence-electron chi connectivity index (χ4n) is 3.86. The Bertz CT molecular complexity index is 462. The van der Waals surface area contributed by atoms with Gasteiger partial charge in [0.25, 0.3) is 0 Å². The number of methoxy groups -OCH3 is 1. The molecule has 0 amide bonds. The first kappa shape index (κ1) is 13.9. The van der Waals surface area contributed by atoms with E-state index in [1.54, 1.807) is 7.11 Å². The molecule has 20 heavy (non-hydrogen) atoms. The summed E-state index contributed by atoms with van der Waals surface area (Å²) in [7, 11) is 1.73. The quantitative estimate of drug-likeness (QED) is 0.920. The number of nitrogens with zero attached hydrogens (tertiary/aromatic N) is 1. The van der Waals surface area contributed by atoms with Gasteiger partial charge in [-0.25, -0.2) is 0 Å². The lowest BCUT2D eigenvalue weighted by molar-refractivity contribution is -0.0968. The smallest absolute Gasteiger partial charge is 0.123 e. The second-order valence-corrected chi connectivity index (χ2v) is 6.34. The van der Waals surface area contributed by atoms with Gasteiger partial charge in [0.2, 0.25) is 0 Å². The lowest BCUT2D eigenvalue weighted by atomic mass is 9.71. The fraction of sp³-hybridized carbons (Fsp3) is 0.647. The number of fused-ring (bicyclic) bond motifs is 1. The van der Waals surface area contributed by atoms with Crippen molar-refractivity contribution in [2.45, 2.75) is 44.2 Å². The number of rotatable bonds is 3. The molecule has 3 nitrogen and oxygen atoms in total. The zero-order chi connectivity index (χ0) is 14.0. The van der Waals surface area contributed by atoms with E-state index in [-0.39, 0.29) is 5.60 Å². The van der Waals surface area contributed by atoms with Crippen LogP contribution in [0.4, 0.5) is 0 Å². The van der Waals surface area contributed by atoms with E-state index in [1.165, 1.54) is 24.8 Å². The van der Waals surface area contributed by atoms with Crippen molar-refractivity contribution in [3.05, 3.63) is 29.8 Å². The van der Waals surface area contributed by atoms with E-state index in [1.807, 2.05) is 12.1 Å². The second kappa shape index (κ2) is 5.74. The molecule has 0 radical (unpaired) electrons. The van der Waals surface area contributed by atoms with Crippen LogP contribution in [0.2, 0.25) is 0 Å². The average molecular weight is 275 g/mol. The van der Waals surface area contributed by atoms with Crippen molar-refractivity contribution in [2.75, 3.05) is 20.2 Å². The summed E-state index contributed by atoms with van der Waals surface area (Å²) >= 11 is 0. The molecule has 2 unspecified atom stereocenters. The molecule has 1 saturated heterocycles. The van der Waals surface area contributed by atoms with Crippen LogP contribution in [0.5, 0.6) is 5.75 Å². The van der Waals surface area contributed by atoms with Crippen LogP contribution in [0.25, 0.3) is 0 Å².